The Morgan fingerprint density at radius 2 is 1.41 bits per heavy atom. The number of aromatic carboxylic acids is 2. The highest BCUT2D eigenvalue weighted by atomic mass is 35.5. The highest BCUT2D eigenvalue weighted by molar-refractivity contribution is 7.90. The van der Waals surface area contributed by atoms with Crippen LogP contribution in [0, 0.1) is 10.1 Å². The average molecular weight is 1190 g/mol. The number of halogens is 11. The lowest BCUT2D eigenvalue weighted by atomic mass is 10.2. The molecule has 5 aromatic rings. The number of carbonyl (C=O) groups is 4. The number of sulfonamides is 1. The predicted octanol–water partition coefficient (Wildman–Crippen LogP) is 7.07. The Bertz CT molecular complexity index is 2980. The number of alkyl halides is 7. The van der Waals surface area contributed by atoms with Crippen molar-refractivity contribution in [3.05, 3.63) is 108 Å². The van der Waals surface area contributed by atoms with Crippen molar-refractivity contribution in [1.29, 1.82) is 0 Å². The summed E-state index contributed by atoms with van der Waals surface area (Å²) in [6.45, 7) is -7.26. The lowest BCUT2D eigenvalue weighted by Gasteiger charge is -2.12. The smallest absolute Gasteiger partial charge is 0.416 e. The largest absolute Gasteiger partial charge is 0.494 e. The number of benzene rings is 3. The minimum Gasteiger partial charge on any atom is -0.494 e. The number of aliphatic carboxylic acids is 1. The van der Waals surface area contributed by atoms with E-state index in [1.165, 1.54) is 36.1 Å². The molecule has 0 saturated carbocycles. The van der Waals surface area contributed by atoms with Crippen LogP contribution < -0.4 is 35.3 Å². The zero-order valence-corrected chi connectivity index (χ0v) is 40.5. The number of ether oxygens (including phenoxy) is 3. The third-order valence-electron chi connectivity index (χ3n) is 7.57. The summed E-state index contributed by atoms with van der Waals surface area (Å²) in [6.07, 6.45) is -4.38. The number of amides is 2. The van der Waals surface area contributed by atoms with E-state index in [9.17, 15) is 73.0 Å². The molecule has 0 atom stereocenters. The first kappa shape index (κ1) is 63.1. The van der Waals surface area contributed by atoms with Crippen molar-refractivity contribution in [2.75, 3.05) is 31.0 Å². The van der Waals surface area contributed by atoms with E-state index in [-0.39, 0.29) is 37.1 Å². The molecule has 2 amide bonds. The Kier molecular flexibility index (Phi) is 23.3. The van der Waals surface area contributed by atoms with E-state index in [0.29, 0.717) is 18.2 Å². The number of nitrogens with zero attached hydrogens (tertiary/aromatic N) is 5. The fraction of sp³-hybridized carbons (Fsp3) is 0.171. The second-order valence-corrected chi connectivity index (χ2v) is 17.7. The molecule has 5 rings (SSSR count). The molecule has 26 nitrogen and oxygen atoms in total. The molecule has 0 radical (unpaired) electrons. The maximum absolute atomic E-state index is 12.6. The fourth-order valence-corrected chi connectivity index (χ4v) is 7.41. The van der Waals surface area contributed by atoms with Crippen LogP contribution in [0.25, 0.3) is 5.69 Å². The van der Waals surface area contributed by atoms with Crippen molar-refractivity contribution < 1.29 is 107 Å². The van der Waals surface area contributed by atoms with Gasteiger partial charge in [-0.15, -0.1) is 0 Å². The quantitative estimate of drug-likeness (QED) is 0.0206. The van der Waals surface area contributed by atoms with Crippen molar-refractivity contribution in [1.82, 2.24) is 29.8 Å². The molecule has 0 spiro atoms. The lowest BCUT2D eigenvalue weighted by Crippen LogP contribution is -2.35. The van der Waals surface area contributed by atoms with Crippen molar-refractivity contribution >= 4 is 105 Å². The Morgan fingerprint density at radius 3 is 1.82 bits per heavy atom. The van der Waals surface area contributed by atoms with Gasteiger partial charge in [-0.05, 0) is 36.4 Å². The fourth-order valence-electron chi connectivity index (χ4n) is 4.79. The van der Waals surface area contributed by atoms with E-state index < -0.39 is 124 Å². The van der Waals surface area contributed by atoms with E-state index in [4.69, 9.17) is 82.0 Å². The van der Waals surface area contributed by atoms with Gasteiger partial charge in [0.1, 0.15) is 22.3 Å². The number of nitrogens with two attached hydrogens (primary N) is 1. The normalized spacial score (nSPS) is 11.1. The van der Waals surface area contributed by atoms with Crippen LogP contribution in [0.15, 0.2) is 65.7 Å². The molecule has 39 heteroatoms. The molecule has 0 aliphatic carbocycles. The molecule has 0 aliphatic rings. The van der Waals surface area contributed by atoms with Crippen LogP contribution in [-0.4, -0.2) is 115 Å². The van der Waals surface area contributed by atoms with Crippen LogP contribution >= 0.6 is 54.0 Å². The Morgan fingerprint density at radius 1 is 0.878 bits per heavy atom. The van der Waals surface area contributed by atoms with Crippen molar-refractivity contribution in [3.63, 3.8) is 0 Å². The van der Waals surface area contributed by atoms with Crippen LogP contribution in [0.2, 0.25) is 20.1 Å². The van der Waals surface area contributed by atoms with Crippen molar-refractivity contribution in [2.45, 2.75) is 24.3 Å². The number of hydrogen-bond donors (Lipinski definition) is 9. The number of aromatic nitrogens is 4. The van der Waals surface area contributed by atoms with Crippen LogP contribution in [0.3, 0.4) is 0 Å². The third-order valence-corrected chi connectivity index (χ3v) is 10.8. The molecule has 404 valence electrons. The summed E-state index contributed by atoms with van der Waals surface area (Å²) in [5.41, 5.74) is 3.02. The zero-order valence-electron chi connectivity index (χ0n) is 35.8. The second kappa shape index (κ2) is 27.3. The summed E-state index contributed by atoms with van der Waals surface area (Å²) in [6, 6.07) is 7.39. The highest BCUT2D eigenvalue weighted by Gasteiger charge is 2.33. The molecule has 2 heterocycles. The first-order valence-corrected chi connectivity index (χ1v) is 23.1. The first-order chi connectivity index (χ1) is 34.1. The van der Waals surface area contributed by atoms with Gasteiger partial charge in [0.15, 0.2) is 5.75 Å². The number of carboxylic acids is 3. The van der Waals surface area contributed by atoms with E-state index in [1.807, 2.05) is 0 Å². The minimum absolute atomic E-state index is 0.0849. The summed E-state index contributed by atoms with van der Waals surface area (Å²) < 4.78 is 137. The number of hydrogen-bond acceptors (Lipinski definition) is 17. The topological polar surface area (TPSA) is 397 Å². The number of carboxylic acid groups (broad SMARTS) is 3. The maximum atomic E-state index is 12.6. The van der Waals surface area contributed by atoms with Gasteiger partial charge in [-0.3, -0.25) is 30.1 Å². The minimum atomic E-state index is -4.71. The molecular formula is C35H29Cl4F7N9O17PS. The molecule has 74 heavy (non-hydrogen) atoms. The van der Waals surface area contributed by atoms with Crippen molar-refractivity contribution in [3.8, 4) is 23.2 Å². The molecule has 0 bridgehead atoms. The van der Waals surface area contributed by atoms with Gasteiger partial charge in [0.25, 0.3) is 10.0 Å². The maximum Gasteiger partial charge on any atom is 0.416 e. The van der Waals surface area contributed by atoms with E-state index in [1.54, 1.807) is 5.32 Å². The molecule has 0 fully saturated rings. The summed E-state index contributed by atoms with van der Waals surface area (Å²) >= 11 is 22.9. The SMILES string of the molecule is COc1c(Cl)ccc(Cl)c1C(=O)O.Nc1c([N+](=O)[O-])cnn1-c1c(Cl)cc(C(F)(F)F)cc1Cl.O=C(Nc1nc(OC(F)F)cc(OC(F)F)n1)NS(=O)(=O)c1ccccc1C(=O)O.O=C(O)CNCP(=O)(O)O. The van der Waals surface area contributed by atoms with E-state index in [0.717, 1.165) is 23.0 Å². The predicted molar refractivity (Wildman–Crippen MR) is 240 cm³/mol. The first-order valence-electron chi connectivity index (χ1n) is 18.3. The standard InChI is InChI=1S/C14H10F4N4O7S.C10H5Cl2F3N4O2.C8H6Cl2O3.C3H8NO5P/c15-11(16)28-8-5-9(29-12(17)18)20-13(19-8)21-14(25)22-30(26,27)7-4-2-1-3-6(7)10(23)24;11-5-1-4(10(13,14)15)2-6(12)8(5)18-9(16)7(3-17-18)19(20)21;1-13-7-5(10)3-2-4(9)6(7)8(11)12;5-3(6)1-4-2-10(7,8)9/h1-5,11-12H,(H,23,24)(H2,19,20,21,22,25);1-3H,16H2;2-3H,1H3,(H,11,12);4H,1-2H2,(H,5,6)(H2,7,8,9). The number of nitrogen functional groups attached to an aromatic ring is 1. The van der Waals surface area contributed by atoms with Crippen LogP contribution in [0.4, 0.5) is 53.0 Å². The summed E-state index contributed by atoms with van der Waals surface area (Å²) in [5, 5.41) is 43.4. The van der Waals surface area contributed by atoms with Gasteiger partial charge >= 0.3 is 56.6 Å². The summed E-state index contributed by atoms with van der Waals surface area (Å²) in [4.78, 5) is 75.6. The van der Waals surface area contributed by atoms with Crippen LogP contribution in [0.1, 0.15) is 26.3 Å². The van der Waals surface area contributed by atoms with Gasteiger partial charge in [0.2, 0.25) is 23.5 Å². The van der Waals surface area contributed by atoms with E-state index >= 15 is 0 Å². The van der Waals surface area contributed by atoms with Crippen LogP contribution in [0.5, 0.6) is 17.5 Å². The molecule has 0 saturated heterocycles. The number of nitrogens with one attached hydrogen (secondary N) is 3. The van der Waals surface area contributed by atoms with Gasteiger partial charge in [-0.1, -0.05) is 58.5 Å². The molecular weight excluding hydrogens is 1160 g/mol. The Labute approximate surface area is 427 Å². The molecule has 10 N–H and O–H groups in total. The number of anilines is 2. The number of rotatable bonds is 16. The number of carbonyl (C=O) groups excluding carboxylic acids is 1. The highest BCUT2D eigenvalue weighted by Crippen LogP contribution is 2.39. The monoisotopic (exact) mass is 1180 g/mol. The second-order valence-electron chi connectivity index (χ2n) is 12.7. The van der Waals surface area contributed by atoms with Gasteiger partial charge in [-0.25, -0.2) is 32.2 Å². The van der Waals surface area contributed by atoms with Gasteiger partial charge in [0, 0.05) is 0 Å². The Balaban J connectivity index is 0.000000368. The summed E-state index contributed by atoms with van der Waals surface area (Å²) in [7, 11) is -7.47. The van der Waals surface area contributed by atoms with Gasteiger partial charge in [-0.2, -0.15) is 45.8 Å². The average Bonchev–Trinajstić information content (AvgIpc) is 3.63. The lowest BCUT2D eigenvalue weighted by molar-refractivity contribution is -0.383. The van der Waals surface area contributed by atoms with Gasteiger partial charge in [0.05, 0.1) is 62.1 Å². The molecule has 3 aromatic carbocycles. The molecule has 0 unspecified atom stereocenters. The van der Waals surface area contributed by atoms with Crippen molar-refractivity contribution in [2.24, 2.45) is 0 Å². The summed E-state index contributed by atoms with van der Waals surface area (Å²) in [5.74, 6) is -7.08. The zero-order chi connectivity index (χ0) is 56.6. The van der Waals surface area contributed by atoms with E-state index in [2.05, 4.69) is 29.9 Å². The molecule has 0 aliphatic heterocycles. The molecule has 2 aromatic heterocycles. The van der Waals surface area contributed by atoms with Gasteiger partial charge < -0.3 is 45.1 Å². The number of methoxy groups -OCH3 is 1. The third kappa shape index (κ3) is 19.8. The van der Waals surface area contributed by atoms with Crippen LogP contribution in [-0.2, 0) is 25.6 Å². The Hall–Kier alpha value is -7.04. The number of urea groups is 1. The number of nitro groups is 1.